The van der Waals surface area contributed by atoms with Crippen LogP contribution in [0, 0.1) is 0 Å². The maximum absolute atomic E-state index is 12.7. The predicted octanol–water partition coefficient (Wildman–Crippen LogP) is 2.58. The maximum atomic E-state index is 12.7. The van der Waals surface area contributed by atoms with E-state index in [2.05, 4.69) is 4.90 Å². The molecule has 0 saturated carbocycles. The van der Waals surface area contributed by atoms with Gasteiger partial charge in [-0.1, -0.05) is 17.7 Å². The number of ether oxygens (including phenoxy) is 3. The van der Waals surface area contributed by atoms with Crippen LogP contribution in [0.25, 0.3) is 0 Å². The first-order valence-electron chi connectivity index (χ1n) is 11.7. The topological polar surface area (TPSA) is 88.6 Å². The molecule has 9 nitrogen and oxygen atoms in total. The molecule has 2 fully saturated rings. The second kappa shape index (κ2) is 10.2. The molecule has 11 heteroatoms. The summed E-state index contributed by atoms with van der Waals surface area (Å²) < 4.78 is 43.3. The highest BCUT2D eigenvalue weighted by Crippen LogP contribution is 2.33. The van der Waals surface area contributed by atoms with Gasteiger partial charge >= 0.3 is 0 Å². The molecule has 1 amide bonds. The lowest BCUT2D eigenvalue weighted by Gasteiger charge is -2.34. The van der Waals surface area contributed by atoms with Crippen LogP contribution in [0.3, 0.4) is 0 Å². The Balaban J connectivity index is 1.11. The van der Waals surface area contributed by atoms with Crippen LogP contribution in [0.4, 0.5) is 0 Å². The van der Waals surface area contributed by atoms with E-state index in [0.29, 0.717) is 31.9 Å². The molecule has 0 aromatic heterocycles. The summed E-state index contributed by atoms with van der Waals surface area (Å²) in [6, 6.07) is 10.3. The van der Waals surface area contributed by atoms with Crippen LogP contribution in [0.5, 0.6) is 17.2 Å². The van der Waals surface area contributed by atoms with E-state index in [1.165, 1.54) is 22.5 Å². The molecule has 2 aromatic rings. The fourth-order valence-electron chi connectivity index (χ4n) is 4.52. The third-order valence-electron chi connectivity index (χ3n) is 6.53. The fraction of sp³-hybridized carbons (Fsp3) is 0.458. The van der Waals surface area contributed by atoms with Crippen molar-refractivity contribution in [3.05, 3.63) is 47.0 Å². The molecule has 0 spiro atoms. The molecule has 0 aliphatic carbocycles. The largest absolute Gasteiger partial charge is 0.482 e. The van der Waals surface area contributed by atoms with Gasteiger partial charge in [0.25, 0.3) is 5.91 Å². The second-order valence-electron chi connectivity index (χ2n) is 8.84. The molecule has 3 aliphatic heterocycles. The number of hydrogen-bond acceptors (Lipinski definition) is 7. The highest BCUT2D eigenvalue weighted by Gasteiger charge is 2.28. The number of carbonyl (C=O) groups excluding carboxylic acids is 1. The van der Waals surface area contributed by atoms with E-state index < -0.39 is 10.0 Å². The summed E-state index contributed by atoms with van der Waals surface area (Å²) in [6.07, 6.45) is 1.73. The van der Waals surface area contributed by atoms with Crippen molar-refractivity contribution in [1.29, 1.82) is 0 Å². The van der Waals surface area contributed by atoms with Gasteiger partial charge in [0.1, 0.15) is 5.75 Å². The minimum absolute atomic E-state index is 0.127. The number of rotatable bonds is 7. The average molecular weight is 522 g/mol. The SMILES string of the molecule is O=C(COc1ccc(S(=O)(=O)N2CCCC2)cc1Cl)N1CCN(Cc2ccc3c(c2)OCO3)CC1. The van der Waals surface area contributed by atoms with Crippen molar-refractivity contribution in [3.63, 3.8) is 0 Å². The summed E-state index contributed by atoms with van der Waals surface area (Å²) in [5.41, 5.74) is 1.14. The van der Waals surface area contributed by atoms with Gasteiger partial charge in [0, 0.05) is 45.8 Å². The van der Waals surface area contributed by atoms with Crippen LogP contribution in [0.2, 0.25) is 5.02 Å². The van der Waals surface area contributed by atoms with Crippen LogP contribution in [-0.4, -0.2) is 81.1 Å². The number of amides is 1. The lowest BCUT2D eigenvalue weighted by atomic mass is 10.1. The number of hydrogen-bond donors (Lipinski definition) is 0. The highest BCUT2D eigenvalue weighted by atomic mass is 35.5. The Morgan fingerprint density at radius 1 is 0.943 bits per heavy atom. The molecule has 3 aliphatic rings. The molecule has 0 bridgehead atoms. The lowest BCUT2D eigenvalue weighted by Crippen LogP contribution is -2.49. The summed E-state index contributed by atoms with van der Waals surface area (Å²) in [6.45, 7) is 4.65. The van der Waals surface area contributed by atoms with Crippen molar-refractivity contribution in [2.45, 2.75) is 24.3 Å². The monoisotopic (exact) mass is 521 g/mol. The molecule has 35 heavy (non-hydrogen) atoms. The van der Waals surface area contributed by atoms with Crippen molar-refractivity contribution < 1.29 is 27.4 Å². The quantitative estimate of drug-likeness (QED) is 0.553. The molecule has 5 rings (SSSR count). The van der Waals surface area contributed by atoms with Crippen LogP contribution in [0.1, 0.15) is 18.4 Å². The Labute approximate surface area is 210 Å². The summed E-state index contributed by atoms with van der Waals surface area (Å²) in [7, 11) is -3.56. The van der Waals surface area contributed by atoms with Gasteiger partial charge in [-0.25, -0.2) is 8.42 Å². The lowest BCUT2D eigenvalue weighted by molar-refractivity contribution is -0.135. The predicted molar refractivity (Wildman–Crippen MR) is 129 cm³/mol. The smallest absolute Gasteiger partial charge is 0.260 e. The Morgan fingerprint density at radius 3 is 2.43 bits per heavy atom. The van der Waals surface area contributed by atoms with Crippen LogP contribution < -0.4 is 14.2 Å². The van der Waals surface area contributed by atoms with E-state index in [-0.39, 0.29) is 29.2 Å². The van der Waals surface area contributed by atoms with Crippen molar-refractivity contribution >= 4 is 27.5 Å². The van der Waals surface area contributed by atoms with Crippen molar-refractivity contribution in [2.24, 2.45) is 0 Å². The van der Waals surface area contributed by atoms with Gasteiger partial charge in [-0.3, -0.25) is 9.69 Å². The van der Waals surface area contributed by atoms with E-state index in [1.807, 2.05) is 18.2 Å². The average Bonchev–Trinajstić information content (AvgIpc) is 3.56. The van der Waals surface area contributed by atoms with Gasteiger partial charge in [-0.15, -0.1) is 0 Å². The Morgan fingerprint density at radius 2 is 1.69 bits per heavy atom. The standard InChI is InChI=1S/C24H28ClN3O6S/c25-20-14-19(35(30,31)28-7-1-2-8-28)4-6-21(20)32-16-24(29)27-11-9-26(10-12-27)15-18-3-5-22-23(13-18)34-17-33-22/h3-6,13-14H,1-2,7-12,15-17H2. The normalized spacial score (nSPS) is 18.7. The number of benzene rings is 2. The first-order valence-corrected chi connectivity index (χ1v) is 13.5. The zero-order chi connectivity index (χ0) is 24.4. The molecule has 0 unspecified atom stereocenters. The third-order valence-corrected chi connectivity index (χ3v) is 8.72. The first-order chi connectivity index (χ1) is 16.9. The molecule has 2 aromatic carbocycles. The Hall–Kier alpha value is -2.53. The number of halogens is 1. The highest BCUT2D eigenvalue weighted by molar-refractivity contribution is 7.89. The van der Waals surface area contributed by atoms with E-state index in [9.17, 15) is 13.2 Å². The molecular formula is C24H28ClN3O6S. The molecule has 0 atom stereocenters. The van der Waals surface area contributed by atoms with E-state index >= 15 is 0 Å². The fourth-order valence-corrected chi connectivity index (χ4v) is 6.36. The Kier molecular flexibility index (Phi) is 7.06. The maximum Gasteiger partial charge on any atom is 0.260 e. The van der Waals surface area contributed by atoms with E-state index in [1.54, 1.807) is 4.90 Å². The molecule has 188 valence electrons. The van der Waals surface area contributed by atoms with E-state index in [0.717, 1.165) is 49.5 Å². The summed E-state index contributed by atoms with van der Waals surface area (Å²) in [5, 5.41) is 0.173. The summed E-state index contributed by atoms with van der Waals surface area (Å²) in [4.78, 5) is 16.9. The minimum atomic E-state index is -3.56. The van der Waals surface area contributed by atoms with Crippen molar-refractivity contribution in [2.75, 3.05) is 52.7 Å². The van der Waals surface area contributed by atoms with Crippen LogP contribution in [0.15, 0.2) is 41.3 Å². The van der Waals surface area contributed by atoms with Gasteiger partial charge < -0.3 is 19.1 Å². The number of sulfonamides is 1. The van der Waals surface area contributed by atoms with Crippen LogP contribution >= 0.6 is 11.6 Å². The van der Waals surface area contributed by atoms with E-state index in [4.69, 9.17) is 25.8 Å². The second-order valence-corrected chi connectivity index (χ2v) is 11.2. The van der Waals surface area contributed by atoms with Gasteiger partial charge in [0.15, 0.2) is 18.1 Å². The Bertz CT molecular complexity index is 1190. The van der Waals surface area contributed by atoms with Gasteiger partial charge in [-0.05, 0) is 48.7 Å². The third kappa shape index (κ3) is 5.35. The number of piperazine rings is 1. The molecule has 2 saturated heterocycles. The first kappa shape index (κ1) is 24.2. The molecular weight excluding hydrogens is 494 g/mol. The van der Waals surface area contributed by atoms with Gasteiger partial charge in [0.2, 0.25) is 16.8 Å². The van der Waals surface area contributed by atoms with Gasteiger partial charge in [-0.2, -0.15) is 4.31 Å². The number of fused-ring (bicyclic) bond motifs is 1. The molecule has 0 N–H and O–H groups in total. The van der Waals surface area contributed by atoms with Crippen molar-refractivity contribution in [3.8, 4) is 17.2 Å². The number of nitrogens with zero attached hydrogens (tertiary/aromatic N) is 3. The van der Waals surface area contributed by atoms with Gasteiger partial charge in [0.05, 0.1) is 9.92 Å². The number of carbonyl (C=O) groups is 1. The zero-order valence-electron chi connectivity index (χ0n) is 19.3. The van der Waals surface area contributed by atoms with Crippen LogP contribution in [-0.2, 0) is 21.4 Å². The van der Waals surface area contributed by atoms with Crippen molar-refractivity contribution in [1.82, 2.24) is 14.1 Å². The minimum Gasteiger partial charge on any atom is -0.482 e. The summed E-state index contributed by atoms with van der Waals surface area (Å²) >= 11 is 6.29. The summed E-state index contributed by atoms with van der Waals surface area (Å²) in [5.74, 6) is 1.71. The zero-order valence-corrected chi connectivity index (χ0v) is 20.9. The molecule has 3 heterocycles. The molecule has 0 radical (unpaired) electrons.